The zero-order valence-corrected chi connectivity index (χ0v) is 11.6. The number of rotatable bonds is 1. The standard InChI is InChI=1S/C16H20N2O/c1-11-15-9-12-3-4-13(19)10-14(12)16(11,2)5-7-18(15)8-6-17/h3-4,10-11,15,19H,5,7-9H2,1-2H3/t11-,15+,16+/m1/s1. The van der Waals surface area contributed by atoms with E-state index < -0.39 is 0 Å². The van der Waals surface area contributed by atoms with Gasteiger partial charge < -0.3 is 5.11 Å². The molecule has 3 rings (SSSR count). The molecular formula is C16H20N2O. The molecule has 0 unspecified atom stereocenters. The highest BCUT2D eigenvalue weighted by molar-refractivity contribution is 5.44. The minimum Gasteiger partial charge on any atom is -0.508 e. The van der Waals surface area contributed by atoms with Gasteiger partial charge in [0.25, 0.3) is 0 Å². The smallest absolute Gasteiger partial charge is 0.115 e. The number of phenols is 1. The first kappa shape index (κ1) is 12.5. The predicted octanol–water partition coefficient (Wildman–Crippen LogP) is 2.44. The van der Waals surface area contributed by atoms with Crippen LogP contribution in [0.1, 0.15) is 31.4 Å². The Morgan fingerprint density at radius 1 is 1.53 bits per heavy atom. The largest absolute Gasteiger partial charge is 0.508 e. The molecule has 2 bridgehead atoms. The van der Waals surface area contributed by atoms with Crippen molar-refractivity contribution >= 4 is 0 Å². The van der Waals surface area contributed by atoms with E-state index in [2.05, 4.69) is 30.9 Å². The van der Waals surface area contributed by atoms with Crippen molar-refractivity contribution in [3.05, 3.63) is 29.3 Å². The Morgan fingerprint density at radius 3 is 3.05 bits per heavy atom. The van der Waals surface area contributed by atoms with Crippen molar-refractivity contribution < 1.29 is 5.11 Å². The van der Waals surface area contributed by atoms with Crippen LogP contribution in [0.4, 0.5) is 0 Å². The average molecular weight is 256 g/mol. The molecule has 2 aliphatic rings. The van der Waals surface area contributed by atoms with Crippen molar-refractivity contribution in [2.45, 2.75) is 38.1 Å². The predicted molar refractivity (Wildman–Crippen MR) is 73.9 cm³/mol. The Balaban J connectivity index is 2.06. The van der Waals surface area contributed by atoms with E-state index in [0.717, 1.165) is 19.4 Å². The van der Waals surface area contributed by atoms with E-state index in [0.29, 0.717) is 24.3 Å². The summed E-state index contributed by atoms with van der Waals surface area (Å²) < 4.78 is 0. The van der Waals surface area contributed by atoms with E-state index in [-0.39, 0.29) is 5.41 Å². The fourth-order valence-corrected chi connectivity index (χ4v) is 3.98. The van der Waals surface area contributed by atoms with E-state index in [1.165, 1.54) is 11.1 Å². The highest BCUT2D eigenvalue weighted by Gasteiger charge is 2.48. The van der Waals surface area contributed by atoms with E-state index in [1.54, 1.807) is 6.07 Å². The van der Waals surface area contributed by atoms with Crippen LogP contribution in [0.15, 0.2) is 18.2 Å². The molecule has 3 heteroatoms. The van der Waals surface area contributed by atoms with Gasteiger partial charge in [0.2, 0.25) is 0 Å². The second kappa shape index (κ2) is 4.25. The number of hydrogen-bond donors (Lipinski definition) is 1. The summed E-state index contributed by atoms with van der Waals surface area (Å²) >= 11 is 0. The van der Waals surface area contributed by atoms with E-state index in [9.17, 15) is 5.11 Å². The molecule has 100 valence electrons. The van der Waals surface area contributed by atoms with Crippen molar-refractivity contribution in [1.29, 1.82) is 5.26 Å². The highest BCUT2D eigenvalue weighted by atomic mass is 16.3. The molecule has 1 fully saturated rings. The van der Waals surface area contributed by atoms with Gasteiger partial charge in [-0.2, -0.15) is 5.26 Å². The number of hydrogen-bond acceptors (Lipinski definition) is 3. The van der Waals surface area contributed by atoms with Crippen LogP contribution in [-0.2, 0) is 11.8 Å². The quantitative estimate of drug-likeness (QED) is 0.785. The number of nitrogens with zero attached hydrogens (tertiary/aromatic N) is 2. The Labute approximate surface area is 114 Å². The number of aromatic hydroxyl groups is 1. The summed E-state index contributed by atoms with van der Waals surface area (Å²) in [6, 6.07) is 8.53. The van der Waals surface area contributed by atoms with Crippen molar-refractivity contribution in [1.82, 2.24) is 4.90 Å². The molecule has 0 aromatic heterocycles. The number of nitriles is 1. The highest BCUT2D eigenvalue weighted by Crippen LogP contribution is 2.49. The first-order valence-corrected chi connectivity index (χ1v) is 6.99. The maximum Gasteiger partial charge on any atom is 0.115 e. The van der Waals surface area contributed by atoms with Crippen LogP contribution < -0.4 is 0 Å². The minimum absolute atomic E-state index is 0.128. The van der Waals surface area contributed by atoms with Gasteiger partial charge in [-0.3, -0.25) is 4.90 Å². The molecule has 0 amide bonds. The molecule has 0 radical (unpaired) electrons. The number of phenolic OH excluding ortho intramolecular Hbond substituents is 1. The summed E-state index contributed by atoms with van der Waals surface area (Å²) in [5.41, 5.74) is 2.78. The van der Waals surface area contributed by atoms with Crippen molar-refractivity contribution in [3.8, 4) is 11.8 Å². The molecule has 1 heterocycles. The molecule has 19 heavy (non-hydrogen) atoms. The zero-order chi connectivity index (χ0) is 13.6. The fourth-order valence-electron chi connectivity index (χ4n) is 3.98. The number of likely N-dealkylation sites (tertiary alicyclic amines) is 1. The van der Waals surface area contributed by atoms with Gasteiger partial charge in [-0.25, -0.2) is 0 Å². The lowest BCUT2D eigenvalue weighted by molar-refractivity contribution is 0.0409. The molecular weight excluding hydrogens is 236 g/mol. The van der Waals surface area contributed by atoms with Crippen molar-refractivity contribution in [2.24, 2.45) is 5.92 Å². The molecule has 1 saturated heterocycles. The third-order valence-corrected chi connectivity index (χ3v) is 5.38. The molecule has 1 aromatic rings. The van der Waals surface area contributed by atoms with E-state index in [1.807, 2.05) is 6.07 Å². The maximum absolute atomic E-state index is 9.77. The Bertz CT molecular complexity index is 548. The molecule has 1 N–H and O–H groups in total. The SMILES string of the molecule is C[C@@H]1[C@@H]2Cc3ccc(O)cc3[C@@]1(C)CCN2CC#N. The fraction of sp³-hybridized carbons (Fsp3) is 0.562. The van der Waals surface area contributed by atoms with Crippen molar-refractivity contribution in [2.75, 3.05) is 13.1 Å². The molecule has 1 aromatic carbocycles. The van der Waals surface area contributed by atoms with Gasteiger partial charge in [0.1, 0.15) is 5.75 Å². The monoisotopic (exact) mass is 256 g/mol. The van der Waals surface area contributed by atoms with Gasteiger partial charge in [-0.15, -0.1) is 0 Å². The normalized spacial score (nSPS) is 33.5. The minimum atomic E-state index is 0.128. The van der Waals surface area contributed by atoms with Gasteiger partial charge in [0.05, 0.1) is 12.6 Å². The van der Waals surface area contributed by atoms with Gasteiger partial charge >= 0.3 is 0 Å². The zero-order valence-electron chi connectivity index (χ0n) is 11.6. The van der Waals surface area contributed by atoms with Crippen LogP contribution >= 0.6 is 0 Å². The second-order valence-corrected chi connectivity index (χ2v) is 6.20. The molecule has 0 saturated carbocycles. The molecule has 3 atom stereocenters. The van der Waals surface area contributed by atoms with Crippen LogP contribution in [0.25, 0.3) is 0 Å². The molecule has 3 nitrogen and oxygen atoms in total. The van der Waals surface area contributed by atoms with Crippen molar-refractivity contribution in [3.63, 3.8) is 0 Å². The van der Waals surface area contributed by atoms with Crippen LogP contribution in [0.3, 0.4) is 0 Å². The first-order valence-electron chi connectivity index (χ1n) is 6.99. The summed E-state index contributed by atoms with van der Waals surface area (Å²) in [5.74, 6) is 0.883. The lowest BCUT2D eigenvalue weighted by Gasteiger charge is -2.54. The number of fused-ring (bicyclic) bond motifs is 4. The lowest BCUT2D eigenvalue weighted by Crippen LogP contribution is -2.57. The molecule has 1 aliphatic carbocycles. The molecule has 0 spiro atoms. The summed E-state index contributed by atoms with van der Waals surface area (Å²) in [6.07, 6.45) is 2.05. The Hall–Kier alpha value is -1.53. The topological polar surface area (TPSA) is 47.3 Å². The van der Waals surface area contributed by atoms with E-state index in [4.69, 9.17) is 5.26 Å². The van der Waals surface area contributed by atoms with Gasteiger partial charge in [-0.1, -0.05) is 19.9 Å². The second-order valence-electron chi connectivity index (χ2n) is 6.20. The molecule has 1 aliphatic heterocycles. The summed E-state index contributed by atoms with van der Waals surface area (Å²) in [6.45, 7) is 6.11. The third-order valence-electron chi connectivity index (χ3n) is 5.38. The Morgan fingerprint density at radius 2 is 2.32 bits per heavy atom. The number of piperidine rings is 1. The summed E-state index contributed by atoms with van der Waals surface area (Å²) in [7, 11) is 0. The number of benzene rings is 1. The first-order chi connectivity index (χ1) is 9.06. The maximum atomic E-state index is 9.77. The summed E-state index contributed by atoms with van der Waals surface area (Å²) in [4.78, 5) is 2.32. The van der Waals surface area contributed by atoms with Gasteiger partial charge in [0, 0.05) is 12.6 Å². The van der Waals surface area contributed by atoms with Crippen LogP contribution in [0.2, 0.25) is 0 Å². The van der Waals surface area contributed by atoms with Gasteiger partial charge in [0.15, 0.2) is 0 Å². The summed E-state index contributed by atoms with van der Waals surface area (Å²) in [5, 5.41) is 18.7. The van der Waals surface area contributed by atoms with Gasteiger partial charge in [-0.05, 0) is 47.4 Å². The third kappa shape index (κ3) is 1.74. The van der Waals surface area contributed by atoms with Crippen LogP contribution in [0.5, 0.6) is 5.75 Å². The Kier molecular flexibility index (Phi) is 2.79. The van der Waals surface area contributed by atoms with Crippen LogP contribution in [0, 0.1) is 17.2 Å². The van der Waals surface area contributed by atoms with E-state index >= 15 is 0 Å². The average Bonchev–Trinajstić information content (AvgIpc) is 2.38. The van der Waals surface area contributed by atoms with Crippen LogP contribution in [-0.4, -0.2) is 29.1 Å². The lowest BCUT2D eigenvalue weighted by atomic mass is 9.59.